The summed E-state index contributed by atoms with van der Waals surface area (Å²) in [5.74, 6) is -0.562. The molecule has 0 heterocycles. The summed E-state index contributed by atoms with van der Waals surface area (Å²) in [7, 11) is 1.30. The van der Waals surface area contributed by atoms with Crippen LogP contribution in [0.25, 0.3) is 0 Å². The van der Waals surface area contributed by atoms with Gasteiger partial charge in [-0.1, -0.05) is 13.3 Å². The van der Waals surface area contributed by atoms with Crippen molar-refractivity contribution in [2.45, 2.75) is 33.6 Å². The van der Waals surface area contributed by atoms with Crippen LogP contribution in [0.3, 0.4) is 0 Å². The Kier molecular flexibility index (Phi) is 3.93. The van der Waals surface area contributed by atoms with Crippen molar-refractivity contribution < 1.29 is 14.3 Å². The molecule has 0 amide bonds. The van der Waals surface area contributed by atoms with Crippen molar-refractivity contribution in [2.24, 2.45) is 5.41 Å². The first-order valence-electron chi connectivity index (χ1n) is 4.08. The lowest BCUT2D eigenvalue weighted by molar-refractivity contribution is -0.156. The van der Waals surface area contributed by atoms with Crippen LogP contribution in [0, 0.1) is 5.41 Å². The average Bonchev–Trinajstić information content (AvgIpc) is 2.03. The van der Waals surface area contributed by atoms with Crippen LogP contribution in [0.15, 0.2) is 0 Å². The Bertz CT molecular complexity index is 186. The highest BCUT2D eigenvalue weighted by atomic mass is 16.5. The van der Waals surface area contributed by atoms with E-state index >= 15 is 0 Å². The molecule has 1 unspecified atom stereocenters. The minimum absolute atomic E-state index is 0.129. The first kappa shape index (κ1) is 11.1. The molecule has 0 spiro atoms. The van der Waals surface area contributed by atoms with Crippen molar-refractivity contribution in [1.82, 2.24) is 0 Å². The van der Waals surface area contributed by atoms with Crippen molar-refractivity contribution >= 4 is 11.8 Å². The van der Waals surface area contributed by atoms with E-state index in [1.165, 1.54) is 14.0 Å². The molecule has 0 fully saturated rings. The molecule has 0 bridgehead atoms. The molecule has 3 heteroatoms. The second-order valence-corrected chi connectivity index (χ2v) is 3.13. The molecule has 12 heavy (non-hydrogen) atoms. The van der Waals surface area contributed by atoms with Gasteiger partial charge in [0.05, 0.1) is 7.11 Å². The summed E-state index contributed by atoms with van der Waals surface area (Å²) in [6.07, 6.45) is 1.35. The van der Waals surface area contributed by atoms with Gasteiger partial charge in [0.15, 0.2) is 0 Å². The number of ether oxygens (including phenoxy) is 1. The second kappa shape index (κ2) is 4.24. The Morgan fingerprint density at radius 1 is 1.42 bits per heavy atom. The maximum atomic E-state index is 11.2. The SMILES string of the molecule is CCCC(C)(C(C)=O)C(=O)OC. The van der Waals surface area contributed by atoms with Crippen molar-refractivity contribution in [3.8, 4) is 0 Å². The molecule has 0 rings (SSSR count). The van der Waals surface area contributed by atoms with Crippen LogP contribution >= 0.6 is 0 Å². The zero-order valence-corrected chi connectivity index (χ0v) is 8.14. The molecule has 0 aliphatic heterocycles. The molecule has 0 aliphatic carbocycles. The fourth-order valence-electron chi connectivity index (χ4n) is 1.15. The third kappa shape index (κ3) is 2.06. The van der Waals surface area contributed by atoms with Gasteiger partial charge in [-0.2, -0.15) is 0 Å². The van der Waals surface area contributed by atoms with E-state index in [0.29, 0.717) is 6.42 Å². The number of carbonyl (C=O) groups is 2. The molecule has 0 aromatic rings. The molecule has 0 aromatic carbocycles. The molecule has 0 saturated carbocycles. The molecule has 0 N–H and O–H groups in total. The normalized spacial score (nSPS) is 15.0. The minimum Gasteiger partial charge on any atom is -0.468 e. The summed E-state index contributed by atoms with van der Waals surface area (Å²) in [5, 5.41) is 0. The Morgan fingerprint density at radius 3 is 2.17 bits per heavy atom. The highest BCUT2D eigenvalue weighted by Gasteiger charge is 2.38. The van der Waals surface area contributed by atoms with E-state index in [4.69, 9.17) is 0 Å². The van der Waals surface area contributed by atoms with Gasteiger partial charge in [-0.25, -0.2) is 0 Å². The standard InChI is InChI=1S/C9H16O3/c1-5-6-9(3,7(2)10)8(11)12-4/h5-6H2,1-4H3. The van der Waals surface area contributed by atoms with Crippen LogP contribution in [0.1, 0.15) is 33.6 Å². The molecule has 0 radical (unpaired) electrons. The summed E-state index contributed by atoms with van der Waals surface area (Å²) >= 11 is 0. The number of rotatable bonds is 4. The maximum Gasteiger partial charge on any atom is 0.319 e. The second-order valence-electron chi connectivity index (χ2n) is 3.13. The van der Waals surface area contributed by atoms with E-state index in [9.17, 15) is 9.59 Å². The van der Waals surface area contributed by atoms with Crippen LogP contribution in [-0.2, 0) is 14.3 Å². The highest BCUT2D eigenvalue weighted by Crippen LogP contribution is 2.25. The third-order valence-corrected chi connectivity index (χ3v) is 2.16. The lowest BCUT2D eigenvalue weighted by Crippen LogP contribution is -2.35. The molecule has 0 saturated heterocycles. The molecule has 3 nitrogen and oxygen atoms in total. The number of hydrogen-bond acceptors (Lipinski definition) is 3. The van der Waals surface area contributed by atoms with Gasteiger partial charge in [-0.3, -0.25) is 9.59 Å². The molecular weight excluding hydrogens is 156 g/mol. The van der Waals surface area contributed by atoms with Gasteiger partial charge in [-0.05, 0) is 20.3 Å². The molecule has 0 aromatic heterocycles. The van der Waals surface area contributed by atoms with E-state index < -0.39 is 11.4 Å². The van der Waals surface area contributed by atoms with Gasteiger partial charge >= 0.3 is 5.97 Å². The smallest absolute Gasteiger partial charge is 0.319 e. The van der Waals surface area contributed by atoms with Gasteiger partial charge in [0.2, 0.25) is 0 Å². The quantitative estimate of drug-likeness (QED) is 0.477. The Balaban J connectivity index is 4.61. The summed E-state index contributed by atoms with van der Waals surface area (Å²) in [5.41, 5.74) is -0.941. The van der Waals surface area contributed by atoms with E-state index in [-0.39, 0.29) is 5.78 Å². The fourth-order valence-corrected chi connectivity index (χ4v) is 1.15. The summed E-state index contributed by atoms with van der Waals surface area (Å²) in [6, 6.07) is 0. The van der Waals surface area contributed by atoms with Gasteiger partial charge in [-0.15, -0.1) is 0 Å². The molecular formula is C9H16O3. The van der Waals surface area contributed by atoms with Crippen molar-refractivity contribution in [1.29, 1.82) is 0 Å². The number of Topliss-reactive ketones (excluding diaryl/α,β-unsaturated/α-hetero) is 1. The van der Waals surface area contributed by atoms with E-state index in [0.717, 1.165) is 6.42 Å². The van der Waals surface area contributed by atoms with Crippen molar-refractivity contribution in [2.75, 3.05) is 7.11 Å². The predicted molar refractivity (Wildman–Crippen MR) is 45.7 cm³/mol. The summed E-state index contributed by atoms with van der Waals surface area (Å²) < 4.78 is 4.57. The Labute approximate surface area is 73.1 Å². The van der Waals surface area contributed by atoms with E-state index in [1.54, 1.807) is 6.92 Å². The van der Waals surface area contributed by atoms with Crippen LogP contribution in [0.4, 0.5) is 0 Å². The molecule has 70 valence electrons. The topological polar surface area (TPSA) is 43.4 Å². The fraction of sp³-hybridized carbons (Fsp3) is 0.778. The van der Waals surface area contributed by atoms with Crippen LogP contribution in [-0.4, -0.2) is 18.9 Å². The zero-order valence-electron chi connectivity index (χ0n) is 8.14. The number of methoxy groups -OCH3 is 1. The summed E-state index contributed by atoms with van der Waals surface area (Å²) in [4.78, 5) is 22.4. The summed E-state index contributed by atoms with van der Waals surface area (Å²) in [6.45, 7) is 4.99. The zero-order chi connectivity index (χ0) is 9.78. The maximum absolute atomic E-state index is 11.2. The monoisotopic (exact) mass is 172 g/mol. The van der Waals surface area contributed by atoms with Gasteiger partial charge in [0.1, 0.15) is 11.2 Å². The highest BCUT2D eigenvalue weighted by molar-refractivity contribution is 6.02. The molecule has 0 aliphatic rings. The Hall–Kier alpha value is -0.860. The molecule has 1 atom stereocenters. The van der Waals surface area contributed by atoms with Crippen LogP contribution in [0.5, 0.6) is 0 Å². The van der Waals surface area contributed by atoms with Crippen LogP contribution in [0.2, 0.25) is 0 Å². The van der Waals surface area contributed by atoms with Crippen LogP contribution < -0.4 is 0 Å². The van der Waals surface area contributed by atoms with Crippen molar-refractivity contribution in [3.05, 3.63) is 0 Å². The number of hydrogen-bond donors (Lipinski definition) is 0. The van der Waals surface area contributed by atoms with Crippen molar-refractivity contribution in [3.63, 3.8) is 0 Å². The number of ketones is 1. The average molecular weight is 172 g/mol. The lowest BCUT2D eigenvalue weighted by atomic mass is 9.82. The minimum atomic E-state index is -0.941. The first-order chi connectivity index (χ1) is 5.49. The van der Waals surface area contributed by atoms with Gasteiger partial charge in [0, 0.05) is 0 Å². The van der Waals surface area contributed by atoms with Gasteiger partial charge < -0.3 is 4.74 Å². The first-order valence-corrected chi connectivity index (χ1v) is 4.08. The Morgan fingerprint density at radius 2 is 1.92 bits per heavy atom. The third-order valence-electron chi connectivity index (χ3n) is 2.16. The van der Waals surface area contributed by atoms with Gasteiger partial charge in [0.25, 0.3) is 0 Å². The van der Waals surface area contributed by atoms with E-state index in [1.807, 2.05) is 6.92 Å². The lowest BCUT2D eigenvalue weighted by Gasteiger charge is -2.22. The predicted octanol–water partition coefficient (Wildman–Crippen LogP) is 1.55. The number of carbonyl (C=O) groups excluding carboxylic acids is 2. The largest absolute Gasteiger partial charge is 0.468 e. The van der Waals surface area contributed by atoms with E-state index in [2.05, 4.69) is 4.74 Å². The number of esters is 1.